The second-order valence-electron chi connectivity index (χ2n) is 7.44. The summed E-state index contributed by atoms with van der Waals surface area (Å²) in [5.74, 6) is 1.90. The third kappa shape index (κ3) is 6.31. The highest BCUT2D eigenvalue weighted by molar-refractivity contribution is 5.89. The molecule has 0 spiro atoms. The van der Waals surface area contributed by atoms with E-state index >= 15 is 0 Å². The lowest BCUT2D eigenvalue weighted by atomic mass is 9.96. The van der Waals surface area contributed by atoms with Crippen LogP contribution in [-0.2, 0) is 9.59 Å². The fourth-order valence-electron chi connectivity index (χ4n) is 3.17. The molecular weight excluding hydrogens is 368 g/mol. The van der Waals surface area contributed by atoms with Gasteiger partial charge in [0.2, 0.25) is 11.8 Å². The Hall–Kier alpha value is -2.36. The van der Waals surface area contributed by atoms with Gasteiger partial charge >= 0.3 is 0 Å². The summed E-state index contributed by atoms with van der Waals surface area (Å²) in [6.45, 7) is 9.59. The predicted molar refractivity (Wildman–Crippen MR) is 114 cm³/mol. The Bertz CT molecular complexity index is 709. The van der Waals surface area contributed by atoms with Gasteiger partial charge in [0.15, 0.2) is 0 Å². The number of terminal acetylenes is 1. The van der Waals surface area contributed by atoms with E-state index in [0.717, 1.165) is 5.56 Å². The maximum Gasteiger partial charge on any atom is 0.243 e. The quantitative estimate of drug-likeness (QED) is 0.636. The van der Waals surface area contributed by atoms with Crippen LogP contribution in [0.1, 0.15) is 58.2 Å². The molecule has 6 nitrogen and oxygen atoms in total. The Morgan fingerprint density at radius 3 is 2.31 bits per heavy atom. The van der Waals surface area contributed by atoms with E-state index in [-0.39, 0.29) is 43.2 Å². The van der Waals surface area contributed by atoms with Gasteiger partial charge in [-0.1, -0.05) is 52.7 Å². The number of amides is 2. The Balaban J connectivity index is 0.00000204. The third-order valence-electron chi connectivity index (χ3n) is 5.23. The fourth-order valence-corrected chi connectivity index (χ4v) is 3.17. The van der Waals surface area contributed by atoms with Crippen LogP contribution < -0.4 is 5.32 Å². The van der Waals surface area contributed by atoms with Gasteiger partial charge < -0.3 is 20.4 Å². The van der Waals surface area contributed by atoms with E-state index in [0.29, 0.717) is 5.56 Å². The van der Waals surface area contributed by atoms with Gasteiger partial charge in [0.05, 0.1) is 18.8 Å². The van der Waals surface area contributed by atoms with Crippen LogP contribution in [0.4, 0.5) is 0 Å². The summed E-state index contributed by atoms with van der Waals surface area (Å²) in [6, 6.07) is 5.63. The zero-order valence-corrected chi connectivity index (χ0v) is 18.1. The second kappa shape index (κ2) is 11.6. The molecule has 1 aliphatic heterocycles. The molecule has 1 aliphatic rings. The van der Waals surface area contributed by atoms with Crippen molar-refractivity contribution >= 4 is 11.8 Å². The highest BCUT2D eigenvalue weighted by atomic mass is 16.3. The smallest absolute Gasteiger partial charge is 0.243 e. The van der Waals surface area contributed by atoms with E-state index in [1.54, 1.807) is 24.3 Å². The van der Waals surface area contributed by atoms with Crippen molar-refractivity contribution in [1.29, 1.82) is 0 Å². The number of carbonyl (C=O) groups excluding carboxylic acids is 2. The summed E-state index contributed by atoms with van der Waals surface area (Å²) in [4.78, 5) is 27.0. The van der Waals surface area contributed by atoms with Crippen molar-refractivity contribution in [2.75, 3.05) is 13.2 Å². The van der Waals surface area contributed by atoms with E-state index in [4.69, 9.17) is 6.42 Å². The van der Waals surface area contributed by atoms with Crippen LogP contribution in [0.3, 0.4) is 0 Å². The minimum atomic E-state index is -0.743. The number of nitrogens with one attached hydrogen (secondary N) is 1. The molecule has 0 aliphatic carbocycles. The Morgan fingerprint density at radius 1 is 1.24 bits per heavy atom. The summed E-state index contributed by atoms with van der Waals surface area (Å²) in [6.07, 6.45) is 4.80. The largest absolute Gasteiger partial charge is 0.394 e. The summed E-state index contributed by atoms with van der Waals surface area (Å²) in [5, 5.41) is 22.5. The topological polar surface area (TPSA) is 89.9 Å². The SMILES string of the molecule is C#Cc1ccc(C(CO)NC(=O)C2CC(O)CN2C(=O)C(C)C(C)C)cc1.CC. The van der Waals surface area contributed by atoms with E-state index in [1.165, 1.54) is 4.90 Å². The first-order chi connectivity index (χ1) is 13.8. The number of β-amino-alcohol motifs (C(OH)–C–C–N with tert-alkyl or cyclic N) is 1. The third-order valence-corrected chi connectivity index (χ3v) is 5.23. The maximum absolute atomic E-state index is 12.8. The van der Waals surface area contributed by atoms with Crippen LogP contribution in [0.15, 0.2) is 24.3 Å². The first-order valence-electron chi connectivity index (χ1n) is 10.2. The number of hydrogen-bond acceptors (Lipinski definition) is 4. The molecule has 1 fully saturated rings. The van der Waals surface area contributed by atoms with Crippen molar-refractivity contribution in [2.24, 2.45) is 11.8 Å². The molecule has 0 aromatic heterocycles. The average molecular weight is 403 g/mol. The number of hydrogen-bond donors (Lipinski definition) is 3. The second-order valence-corrected chi connectivity index (χ2v) is 7.44. The average Bonchev–Trinajstić information content (AvgIpc) is 3.14. The molecule has 1 aromatic rings. The van der Waals surface area contributed by atoms with Gasteiger partial charge in [-0.2, -0.15) is 0 Å². The van der Waals surface area contributed by atoms with Crippen molar-refractivity contribution in [1.82, 2.24) is 10.2 Å². The van der Waals surface area contributed by atoms with Gasteiger partial charge in [-0.05, 0) is 23.6 Å². The van der Waals surface area contributed by atoms with Crippen LogP contribution in [0.2, 0.25) is 0 Å². The number of aliphatic hydroxyl groups excluding tert-OH is 2. The molecule has 29 heavy (non-hydrogen) atoms. The Labute approximate surface area is 174 Å². The van der Waals surface area contributed by atoms with Gasteiger partial charge in [-0.15, -0.1) is 6.42 Å². The molecule has 3 N–H and O–H groups in total. The minimum absolute atomic E-state index is 0.138. The lowest BCUT2D eigenvalue weighted by molar-refractivity contribution is -0.142. The van der Waals surface area contributed by atoms with Gasteiger partial charge in [-0.25, -0.2) is 0 Å². The number of benzene rings is 1. The molecule has 1 heterocycles. The van der Waals surface area contributed by atoms with Gasteiger partial charge in [-0.3, -0.25) is 9.59 Å². The van der Waals surface area contributed by atoms with E-state index < -0.39 is 18.2 Å². The summed E-state index contributed by atoms with van der Waals surface area (Å²) in [5.41, 5.74) is 1.43. The number of carbonyl (C=O) groups is 2. The molecule has 0 saturated carbocycles. The molecule has 2 amide bonds. The van der Waals surface area contributed by atoms with Crippen LogP contribution >= 0.6 is 0 Å². The molecule has 0 bridgehead atoms. The Morgan fingerprint density at radius 2 is 1.83 bits per heavy atom. The van der Waals surface area contributed by atoms with Gasteiger partial charge in [0.1, 0.15) is 6.04 Å². The van der Waals surface area contributed by atoms with Crippen LogP contribution in [0.5, 0.6) is 0 Å². The minimum Gasteiger partial charge on any atom is -0.394 e. The van der Waals surface area contributed by atoms with E-state index in [1.807, 2.05) is 34.6 Å². The summed E-state index contributed by atoms with van der Waals surface area (Å²) >= 11 is 0. The van der Waals surface area contributed by atoms with Crippen LogP contribution in [0.25, 0.3) is 0 Å². The lowest BCUT2D eigenvalue weighted by Gasteiger charge is -2.29. The first-order valence-corrected chi connectivity index (χ1v) is 10.2. The molecule has 4 atom stereocenters. The number of likely N-dealkylation sites (tertiary alicyclic amines) is 1. The maximum atomic E-state index is 12.8. The van der Waals surface area contributed by atoms with Crippen molar-refractivity contribution in [2.45, 2.75) is 59.2 Å². The highest BCUT2D eigenvalue weighted by Crippen LogP contribution is 2.24. The molecule has 1 aromatic carbocycles. The van der Waals surface area contributed by atoms with Crippen molar-refractivity contribution < 1.29 is 19.8 Å². The molecular formula is C23H34N2O4. The monoisotopic (exact) mass is 402 g/mol. The molecule has 4 unspecified atom stereocenters. The number of rotatable bonds is 6. The van der Waals surface area contributed by atoms with Crippen LogP contribution in [0, 0.1) is 24.2 Å². The molecule has 6 heteroatoms. The van der Waals surface area contributed by atoms with Crippen molar-refractivity contribution in [3.8, 4) is 12.3 Å². The van der Waals surface area contributed by atoms with Gasteiger partial charge in [0, 0.05) is 24.4 Å². The highest BCUT2D eigenvalue weighted by Gasteiger charge is 2.41. The van der Waals surface area contributed by atoms with E-state index in [9.17, 15) is 19.8 Å². The molecule has 2 rings (SSSR count). The van der Waals surface area contributed by atoms with Gasteiger partial charge in [0.25, 0.3) is 0 Å². The normalized spacial score (nSPS) is 20.3. The zero-order chi connectivity index (χ0) is 22.1. The number of nitrogens with zero attached hydrogens (tertiary/aromatic N) is 1. The molecule has 160 valence electrons. The lowest BCUT2D eigenvalue weighted by Crippen LogP contribution is -2.49. The Kier molecular flexibility index (Phi) is 9.87. The number of aliphatic hydroxyl groups is 2. The first kappa shape index (κ1) is 24.7. The standard InChI is InChI=1S/C21H28N2O4.C2H6/c1-5-15-6-8-16(9-7-15)18(12-24)22-20(26)19-10-17(25)11-23(19)21(27)14(4)13(2)3;1-2/h1,6-9,13-14,17-19,24-25H,10-12H2,2-4H3,(H,22,26);1-2H3. The summed E-state index contributed by atoms with van der Waals surface area (Å²) in [7, 11) is 0. The molecule has 1 saturated heterocycles. The fraction of sp³-hybridized carbons (Fsp3) is 0.565. The van der Waals surface area contributed by atoms with Crippen molar-refractivity contribution in [3.63, 3.8) is 0 Å². The predicted octanol–water partition coefficient (Wildman–Crippen LogP) is 2.10. The summed E-state index contributed by atoms with van der Waals surface area (Å²) < 4.78 is 0. The molecule has 0 radical (unpaired) electrons. The zero-order valence-electron chi connectivity index (χ0n) is 18.1. The van der Waals surface area contributed by atoms with E-state index in [2.05, 4.69) is 11.2 Å². The van der Waals surface area contributed by atoms with Crippen LogP contribution in [-0.4, -0.2) is 52.2 Å². The van der Waals surface area contributed by atoms with Crippen molar-refractivity contribution in [3.05, 3.63) is 35.4 Å².